The molecule has 2 aromatic rings. The first-order valence-corrected chi connectivity index (χ1v) is 8.30. The van der Waals surface area contributed by atoms with Crippen molar-refractivity contribution in [3.63, 3.8) is 0 Å². The van der Waals surface area contributed by atoms with Crippen LogP contribution in [0.5, 0.6) is 0 Å². The Labute approximate surface area is 145 Å². The summed E-state index contributed by atoms with van der Waals surface area (Å²) in [5, 5.41) is 9.30. The van der Waals surface area contributed by atoms with E-state index in [0.717, 1.165) is 29.5 Å². The predicted octanol–water partition coefficient (Wildman–Crippen LogP) is 0.394. The molecule has 0 unspecified atom stereocenters. The van der Waals surface area contributed by atoms with E-state index >= 15 is 0 Å². The van der Waals surface area contributed by atoms with Crippen LogP contribution in [0.15, 0.2) is 39.9 Å². The van der Waals surface area contributed by atoms with E-state index in [1.165, 1.54) is 13.1 Å². The van der Waals surface area contributed by atoms with Gasteiger partial charge < -0.3 is 10.6 Å². The molecule has 0 spiro atoms. The zero-order valence-electron chi connectivity index (χ0n) is 14.2. The molecule has 7 nitrogen and oxygen atoms in total. The fourth-order valence-corrected chi connectivity index (χ4v) is 3.22. The molecule has 1 aliphatic rings. The van der Waals surface area contributed by atoms with Crippen LogP contribution < -0.4 is 21.9 Å². The highest BCUT2D eigenvalue weighted by atomic mass is 16.2. The Balaban J connectivity index is 2.11. The van der Waals surface area contributed by atoms with Crippen LogP contribution in [0.1, 0.15) is 24.0 Å². The Hall–Kier alpha value is -2.85. The van der Waals surface area contributed by atoms with Crippen LogP contribution in [0.2, 0.25) is 0 Å². The molecule has 0 amide bonds. The fraction of sp³-hybridized carbons (Fsp3) is 0.389. The lowest BCUT2D eigenvalue weighted by atomic mass is 10.1. The first-order chi connectivity index (χ1) is 12.0. The lowest BCUT2D eigenvalue weighted by Crippen LogP contribution is -2.47. The van der Waals surface area contributed by atoms with Crippen LogP contribution in [0.25, 0.3) is 0 Å². The lowest BCUT2D eigenvalue weighted by molar-refractivity contribution is 0.491. The number of piperidine rings is 1. The summed E-state index contributed by atoms with van der Waals surface area (Å²) >= 11 is 0. The summed E-state index contributed by atoms with van der Waals surface area (Å²) in [5.74, 6) is 0.566. The second-order valence-corrected chi connectivity index (χ2v) is 6.39. The standard InChI is InChI=1S/C18H21N5O2/c1-21-17(24)9-16(22-8-4-7-15(20)12-22)23(18(21)25)11-14-6-3-2-5-13(14)10-19/h2-3,5-6,9,15H,4,7-8,11-12,20H2,1H3/t15-/m0/s1/i2+1,3+1,5+1,6+1,13+1,14+1. The normalized spacial score (nSPS) is 17.3. The third kappa shape index (κ3) is 3.35. The van der Waals surface area contributed by atoms with Crippen LogP contribution in [-0.4, -0.2) is 28.3 Å². The lowest BCUT2D eigenvalue weighted by Gasteiger charge is -2.34. The number of hydrogen-bond donors (Lipinski definition) is 1. The van der Waals surface area contributed by atoms with Gasteiger partial charge in [0.1, 0.15) is 5.82 Å². The van der Waals surface area contributed by atoms with Gasteiger partial charge >= 0.3 is 5.69 Å². The predicted molar refractivity (Wildman–Crippen MR) is 95.6 cm³/mol. The molecule has 0 saturated carbocycles. The van der Waals surface area contributed by atoms with Gasteiger partial charge in [-0.2, -0.15) is 5.26 Å². The second kappa shape index (κ2) is 6.95. The van der Waals surface area contributed by atoms with Crippen molar-refractivity contribution in [2.75, 3.05) is 18.0 Å². The van der Waals surface area contributed by atoms with E-state index in [1.54, 1.807) is 16.7 Å². The Morgan fingerprint density at radius 3 is 2.80 bits per heavy atom. The molecule has 25 heavy (non-hydrogen) atoms. The van der Waals surface area contributed by atoms with E-state index in [9.17, 15) is 14.9 Å². The summed E-state index contributed by atoms with van der Waals surface area (Å²) in [6.07, 6.45) is 1.85. The molecule has 130 valence electrons. The summed E-state index contributed by atoms with van der Waals surface area (Å²) in [7, 11) is 1.46. The Kier molecular flexibility index (Phi) is 4.72. The van der Waals surface area contributed by atoms with E-state index in [4.69, 9.17) is 5.73 Å². The highest BCUT2D eigenvalue weighted by molar-refractivity contribution is 5.42. The number of nitrogens with two attached hydrogens (primary N) is 1. The van der Waals surface area contributed by atoms with Gasteiger partial charge in [-0.3, -0.25) is 13.9 Å². The minimum atomic E-state index is -0.394. The molecule has 2 heterocycles. The Morgan fingerprint density at radius 1 is 1.32 bits per heavy atom. The summed E-state index contributed by atoms with van der Waals surface area (Å²) in [5.41, 5.74) is 6.59. The van der Waals surface area contributed by atoms with Gasteiger partial charge in [0.25, 0.3) is 5.56 Å². The molecule has 7 heteroatoms. The molecular formula is C18H21N5O2. The van der Waals surface area contributed by atoms with Crippen LogP contribution in [0, 0.1) is 11.3 Å². The number of nitrogens with zero attached hydrogens (tertiary/aromatic N) is 4. The van der Waals surface area contributed by atoms with E-state index in [2.05, 4.69) is 6.07 Å². The molecule has 0 aliphatic carbocycles. The van der Waals surface area contributed by atoms with Crippen molar-refractivity contribution in [1.82, 2.24) is 9.13 Å². The van der Waals surface area contributed by atoms with Crippen molar-refractivity contribution < 1.29 is 0 Å². The first kappa shape index (κ1) is 17.0. The van der Waals surface area contributed by atoms with Crippen LogP contribution in [0.4, 0.5) is 5.82 Å². The first-order valence-electron chi connectivity index (χ1n) is 8.30. The molecule has 1 aliphatic heterocycles. The number of aromatic nitrogens is 2. The van der Waals surface area contributed by atoms with Gasteiger partial charge in [-0.25, -0.2) is 4.79 Å². The van der Waals surface area contributed by atoms with Gasteiger partial charge in [0.05, 0.1) is 18.2 Å². The van der Waals surface area contributed by atoms with Crippen molar-refractivity contribution in [2.45, 2.75) is 25.4 Å². The maximum absolute atomic E-state index is 12.7. The van der Waals surface area contributed by atoms with Crippen molar-refractivity contribution >= 4 is 5.82 Å². The maximum Gasteiger partial charge on any atom is 0.332 e. The van der Waals surface area contributed by atoms with Crippen LogP contribution in [0.3, 0.4) is 0 Å². The molecule has 3 rings (SSSR count). The van der Waals surface area contributed by atoms with Gasteiger partial charge in [0, 0.05) is 32.2 Å². The number of benzene rings is 1. The van der Waals surface area contributed by atoms with Crippen molar-refractivity contribution in [3.8, 4) is 6.07 Å². The number of anilines is 1. The van der Waals surface area contributed by atoms with Crippen molar-refractivity contribution in [3.05, 3.63) is 62.3 Å². The van der Waals surface area contributed by atoms with Crippen LogP contribution in [-0.2, 0) is 13.6 Å². The average molecular weight is 345 g/mol. The third-order valence-corrected chi connectivity index (χ3v) is 4.63. The molecule has 0 radical (unpaired) electrons. The topological polar surface area (TPSA) is 97.1 Å². The maximum atomic E-state index is 12.7. The quantitative estimate of drug-likeness (QED) is 0.868. The Bertz CT molecular complexity index is 938. The zero-order valence-corrected chi connectivity index (χ0v) is 14.2. The molecule has 1 atom stereocenters. The van der Waals surface area contributed by atoms with E-state index in [-0.39, 0.29) is 18.1 Å². The molecule has 2 N–H and O–H groups in total. The number of rotatable bonds is 3. The smallest absolute Gasteiger partial charge is 0.332 e. The van der Waals surface area contributed by atoms with Gasteiger partial charge in [-0.1, -0.05) is 18.2 Å². The van der Waals surface area contributed by atoms with Gasteiger partial charge in [0.15, 0.2) is 0 Å². The molecule has 0 bridgehead atoms. The number of hydrogen-bond acceptors (Lipinski definition) is 5. The number of nitriles is 1. The van der Waals surface area contributed by atoms with Gasteiger partial charge in [0.2, 0.25) is 0 Å². The van der Waals surface area contributed by atoms with Gasteiger partial charge in [-0.05, 0) is 24.5 Å². The monoisotopic (exact) mass is 345 g/mol. The summed E-state index contributed by atoms with van der Waals surface area (Å²) in [6, 6.07) is 10.8. The summed E-state index contributed by atoms with van der Waals surface area (Å²) in [4.78, 5) is 26.9. The third-order valence-electron chi connectivity index (χ3n) is 4.63. The minimum Gasteiger partial charge on any atom is -0.356 e. The molecular weight excluding hydrogens is 324 g/mol. The average Bonchev–Trinajstić information content (AvgIpc) is 2.62. The largest absolute Gasteiger partial charge is 0.356 e. The highest BCUT2D eigenvalue weighted by Gasteiger charge is 2.22. The van der Waals surface area contributed by atoms with Crippen molar-refractivity contribution in [1.29, 1.82) is 5.26 Å². The molecule has 1 aromatic carbocycles. The highest BCUT2D eigenvalue weighted by Crippen LogP contribution is 2.19. The zero-order chi connectivity index (χ0) is 18.0. The molecule has 1 fully saturated rings. The molecule has 1 saturated heterocycles. The SMILES string of the molecule is Cn1c(=O)cc(N2CCC[C@H](N)C2)n(C[13c]2[13cH][13cH][13cH][13cH][13c]2C#N)c1=O. The fourth-order valence-electron chi connectivity index (χ4n) is 3.22. The molecule has 1 aromatic heterocycles. The van der Waals surface area contributed by atoms with E-state index < -0.39 is 5.69 Å². The van der Waals surface area contributed by atoms with E-state index in [1.807, 2.05) is 17.0 Å². The Morgan fingerprint density at radius 2 is 2.08 bits per heavy atom. The summed E-state index contributed by atoms with van der Waals surface area (Å²) < 4.78 is 2.64. The van der Waals surface area contributed by atoms with Crippen molar-refractivity contribution in [2.24, 2.45) is 12.8 Å². The second-order valence-electron chi connectivity index (χ2n) is 6.39. The van der Waals surface area contributed by atoms with Gasteiger partial charge in [-0.15, -0.1) is 0 Å². The van der Waals surface area contributed by atoms with E-state index in [0.29, 0.717) is 17.9 Å². The minimum absolute atomic E-state index is 0.0211. The summed E-state index contributed by atoms with van der Waals surface area (Å²) in [6.45, 7) is 1.59. The van der Waals surface area contributed by atoms with Crippen LogP contribution >= 0.6 is 0 Å².